The Bertz CT molecular complexity index is 1020. The van der Waals surface area contributed by atoms with Crippen molar-refractivity contribution in [1.82, 2.24) is 24.5 Å². The van der Waals surface area contributed by atoms with Crippen molar-refractivity contribution in [3.63, 3.8) is 0 Å². The van der Waals surface area contributed by atoms with E-state index in [9.17, 15) is 4.79 Å². The molecule has 0 saturated carbocycles. The molecule has 0 radical (unpaired) electrons. The van der Waals surface area contributed by atoms with Crippen LogP contribution < -0.4 is 4.90 Å². The molecule has 0 aliphatic carbocycles. The number of rotatable bonds is 4. The van der Waals surface area contributed by atoms with Gasteiger partial charge in [0.25, 0.3) is 0 Å². The zero-order valence-corrected chi connectivity index (χ0v) is 17.4. The van der Waals surface area contributed by atoms with E-state index in [1.54, 1.807) is 0 Å². The van der Waals surface area contributed by atoms with Crippen molar-refractivity contribution in [2.45, 2.75) is 32.1 Å². The Balaban J connectivity index is 1.49. The van der Waals surface area contributed by atoms with E-state index in [1.807, 2.05) is 34.9 Å². The minimum Gasteiger partial charge on any atom is -0.353 e. The van der Waals surface area contributed by atoms with Crippen LogP contribution in [0.25, 0.3) is 16.7 Å². The number of fused-ring (bicyclic) bond motifs is 3. The molecule has 0 atom stereocenters. The van der Waals surface area contributed by atoms with Gasteiger partial charge in [-0.25, -0.2) is 4.98 Å². The summed E-state index contributed by atoms with van der Waals surface area (Å²) < 4.78 is 2.12. The first-order valence-electron chi connectivity index (χ1n) is 10.5. The highest BCUT2D eigenvalue weighted by Crippen LogP contribution is 2.27. The maximum atomic E-state index is 12.6. The van der Waals surface area contributed by atoms with E-state index in [4.69, 9.17) is 4.98 Å². The van der Waals surface area contributed by atoms with Gasteiger partial charge in [0, 0.05) is 50.5 Å². The Labute approximate surface area is 174 Å². The van der Waals surface area contributed by atoms with Crippen LogP contribution in [0.2, 0.25) is 0 Å². The summed E-state index contributed by atoms with van der Waals surface area (Å²) in [6, 6.07) is 8.14. The predicted octanol–water partition coefficient (Wildman–Crippen LogP) is 2.78. The number of hydrogen-bond acceptors (Lipinski definition) is 6. The highest BCUT2D eigenvalue weighted by atomic mass is 32.2. The number of carbonyl (C=O) groups is 1. The number of aromatic nitrogens is 4. The zero-order chi connectivity index (χ0) is 19.6. The summed E-state index contributed by atoms with van der Waals surface area (Å²) in [5.41, 5.74) is 2.76. The maximum Gasteiger partial charge on any atom is 0.223 e. The van der Waals surface area contributed by atoms with Gasteiger partial charge < -0.3 is 9.80 Å². The van der Waals surface area contributed by atoms with E-state index in [1.165, 1.54) is 19.3 Å². The summed E-state index contributed by atoms with van der Waals surface area (Å²) in [5, 5.41) is 9.00. The van der Waals surface area contributed by atoms with Gasteiger partial charge in [0.05, 0.1) is 11.0 Å². The highest BCUT2D eigenvalue weighted by Gasteiger charge is 2.22. The number of carbonyl (C=O) groups excluding carboxylic acids is 1. The molecule has 8 heteroatoms. The quantitative estimate of drug-likeness (QED) is 0.659. The van der Waals surface area contributed by atoms with Gasteiger partial charge in [-0.1, -0.05) is 12.1 Å². The maximum absolute atomic E-state index is 12.6. The lowest BCUT2D eigenvalue weighted by atomic mass is 10.1. The second-order valence-electron chi connectivity index (χ2n) is 7.74. The number of nitrogens with zero attached hydrogens (tertiary/aromatic N) is 6. The van der Waals surface area contributed by atoms with Gasteiger partial charge in [-0.3, -0.25) is 9.20 Å². The SMILES string of the molecule is O=C(CCc1nnc2c(N3CCCCC3)nc3ccccc3n12)N1CCSCC1. The number of anilines is 1. The Morgan fingerprint density at radius 1 is 1.00 bits per heavy atom. The second-order valence-corrected chi connectivity index (χ2v) is 8.96. The molecule has 3 aromatic rings. The largest absolute Gasteiger partial charge is 0.353 e. The fourth-order valence-electron chi connectivity index (χ4n) is 4.30. The molecule has 1 amide bonds. The van der Waals surface area contributed by atoms with E-state index in [2.05, 4.69) is 25.6 Å². The van der Waals surface area contributed by atoms with Crippen molar-refractivity contribution in [3.8, 4) is 0 Å². The third-order valence-electron chi connectivity index (χ3n) is 5.86. The van der Waals surface area contributed by atoms with Crippen molar-refractivity contribution in [1.29, 1.82) is 0 Å². The van der Waals surface area contributed by atoms with Gasteiger partial charge in [0.1, 0.15) is 5.82 Å². The predicted molar refractivity (Wildman–Crippen MR) is 117 cm³/mol. The first-order chi connectivity index (χ1) is 14.3. The Morgan fingerprint density at radius 3 is 2.62 bits per heavy atom. The number of aryl methyl sites for hydroxylation is 1. The Kier molecular flexibility index (Phi) is 5.26. The van der Waals surface area contributed by atoms with Crippen LogP contribution in [0.3, 0.4) is 0 Å². The van der Waals surface area contributed by atoms with Crippen LogP contribution in [0.15, 0.2) is 24.3 Å². The first kappa shape index (κ1) is 18.7. The van der Waals surface area contributed by atoms with E-state index < -0.39 is 0 Å². The molecule has 2 aliphatic heterocycles. The van der Waals surface area contributed by atoms with Crippen molar-refractivity contribution in [2.24, 2.45) is 0 Å². The van der Waals surface area contributed by atoms with Gasteiger partial charge >= 0.3 is 0 Å². The van der Waals surface area contributed by atoms with Gasteiger partial charge in [-0.2, -0.15) is 11.8 Å². The average Bonchev–Trinajstić information content (AvgIpc) is 3.22. The molecular formula is C21H26N6OS. The number of hydrogen-bond donors (Lipinski definition) is 0. The average molecular weight is 411 g/mol. The molecule has 2 fully saturated rings. The van der Waals surface area contributed by atoms with Crippen LogP contribution in [0, 0.1) is 0 Å². The summed E-state index contributed by atoms with van der Waals surface area (Å²) >= 11 is 1.92. The normalized spacial score (nSPS) is 17.9. The summed E-state index contributed by atoms with van der Waals surface area (Å²) in [6.07, 6.45) is 4.71. The molecule has 0 bridgehead atoms. The van der Waals surface area contributed by atoms with Crippen LogP contribution in [0.5, 0.6) is 0 Å². The van der Waals surface area contributed by atoms with E-state index in [0.29, 0.717) is 12.8 Å². The van der Waals surface area contributed by atoms with Gasteiger partial charge in [0.15, 0.2) is 5.82 Å². The topological polar surface area (TPSA) is 66.6 Å². The number of piperidine rings is 1. The molecule has 2 saturated heterocycles. The first-order valence-corrected chi connectivity index (χ1v) is 11.7. The number of thioether (sulfide) groups is 1. The van der Waals surface area contributed by atoms with Crippen LogP contribution in [-0.4, -0.2) is 68.1 Å². The smallest absolute Gasteiger partial charge is 0.223 e. The lowest BCUT2D eigenvalue weighted by Gasteiger charge is -2.28. The fraction of sp³-hybridized carbons (Fsp3) is 0.524. The van der Waals surface area contributed by atoms with Crippen molar-refractivity contribution in [2.75, 3.05) is 42.6 Å². The molecule has 0 spiro atoms. The number of benzene rings is 1. The molecule has 1 aromatic carbocycles. The van der Waals surface area contributed by atoms with Gasteiger partial charge in [-0.15, -0.1) is 10.2 Å². The van der Waals surface area contributed by atoms with Crippen molar-refractivity contribution in [3.05, 3.63) is 30.1 Å². The van der Waals surface area contributed by atoms with Crippen LogP contribution in [0.4, 0.5) is 5.82 Å². The Morgan fingerprint density at radius 2 is 1.79 bits per heavy atom. The molecule has 2 aliphatic rings. The van der Waals surface area contributed by atoms with Crippen LogP contribution in [-0.2, 0) is 11.2 Å². The third-order valence-corrected chi connectivity index (χ3v) is 6.80. The molecule has 4 heterocycles. The monoisotopic (exact) mass is 410 g/mol. The Hall–Kier alpha value is -2.35. The number of para-hydroxylation sites is 2. The lowest BCUT2D eigenvalue weighted by Crippen LogP contribution is -2.38. The van der Waals surface area contributed by atoms with Gasteiger partial charge in [0.2, 0.25) is 11.6 Å². The van der Waals surface area contributed by atoms with E-state index in [0.717, 1.165) is 66.0 Å². The highest BCUT2D eigenvalue weighted by molar-refractivity contribution is 7.99. The molecule has 7 nitrogen and oxygen atoms in total. The van der Waals surface area contributed by atoms with E-state index in [-0.39, 0.29) is 5.91 Å². The minimum atomic E-state index is 0.219. The summed E-state index contributed by atoms with van der Waals surface area (Å²) in [5.74, 6) is 4.05. The second kappa shape index (κ2) is 8.18. The zero-order valence-electron chi connectivity index (χ0n) is 16.6. The molecular weight excluding hydrogens is 384 g/mol. The summed E-state index contributed by atoms with van der Waals surface area (Å²) in [4.78, 5) is 21.9. The van der Waals surface area contributed by atoms with Crippen molar-refractivity contribution < 1.29 is 4.79 Å². The fourth-order valence-corrected chi connectivity index (χ4v) is 5.20. The minimum absolute atomic E-state index is 0.219. The van der Waals surface area contributed by atoms with Crippen molar-refractivity contribution >= 4 is 40.2 Å². The molecule has 0 unspecified atom stereocenters. The molecule has 5 rings (SSSR count). The van der Waals surface area contributed by atoms with Crippen LogP contribution >= 0.6 is 11.8 Å². The summed E-state index contributed by atoms with van der Waals surface area (Å²) in [6.45, 7) is 3.73. The van der Waals surface area contributed by atoms with E-state index >= 15 is 0 Å². The van der Waals surface area contributed by atoms with Gasteiger partial charge in [-0.05, 0) is 31.4 Å². The molecule has 0 N–H and O–H groups in total. The third kappa shape index (κ3) is 3.66. The molecule has 29 heavy (non-hydrogen) atoms. The molecule has 2 aromatic heterocycles. The standard InChI is InChI=1S/C21H26N6OS/c28-19(25-12-14-29-15-13-25)9-8-18-23-24-21-20(26-10-4-1-5-11-26)22-16-6-2-3-7-17(16)27(18)21/h2-3,6-7H,1,4-5,8-15H2. The number of amides is 1. The summed E-state index contributed by atoms with van der Waals surface area (Å²) in [7, 11) is 0. The van der Waals surface area contributed by atoms with Crippen LogP contribution in [0.1, 0.15) is 31.5 Å². The molecule has 152 valence electrons. The lowest BCUT2D eigenvalue weighted by molar-refractivity contribution is -0.130.